The van der Waals surface area contributed by atoms with Crippen molar-refractivity contribution in [2.24, 2.45) is 12.8 Å². The van der Waals surface area contributed by atoms with Gasteiger partial charge in [0.1, 0.15) is 0 Å². The van der Waals surface area contributed by atoms with Gasteiger partial charge in [0.15, 0.2) is 11.5 Å². The number of carbonyl (C=O) groups is 1. The second kappa shape index (κ2) is 7.10. The molecular weight excluding hydrogens is 421 g/mol. The first-order chi connectivity index (χ1) is 13.0. The van der Waals surface area contributed by atoms with Gasteiger partial charge in [-0.3, -0.25) is 9.48 Å². The molecule has 4 nitrogen and oxygen atoms in total. The second-order valence-corrected chi connectivity index (χ2v) is 6.62. The van der Waals surface area contributed by atoms with Crippen LogP contribution in [0.5, 0.6) is 0 Å². The Labute approximate surface area is 166 Å². The summed E-state index contributed by atoms with van der Waals surface area (Å²) in [5.74, 6) is -2.41. The number of aryl methyl sites for hydroxylation is 1. The third kappa shape index (κ3) is 3.33. The maximum Gasteiger partial charge on any atom is 0.435 e. The molecule has 0 radical (unpaired) electrons. The molecule has 0 saturated heterocycles. The Balaban J connectivity index is 2.48. The molecule has 3 aromatic rings. The molecule has 2 N–H and O–H groups in total. The van der Waals surface area contributed by atoms with E-state index < -0.39 is 34.2 Å². The molecule has 0 aliphatic carbocycles. The molecule has 0 aliphatic heterocycles. The lowest BCUT2D eigenvalue weighted by Gasteiger charge is -2.15. The van der Waals surface area contributed by atoms with E-state index in [1.165, 1.54) is 13.1 Å². The lowest BCUT2D eigenvalue weighted by Crippen LogP contribution is -2.18. The number of hydrogen-bond acceptors (Lipinski definition) is 2. The van der Waals surface area contributed by atoms with Crippen molar-refractivity contribution >= 4 is 29.1 Å². The average Bonchev–Trinajstić information content (AvgIpc) is 2.98. The fourth-order valence-electron chi connectivity index (χ4n) is 2.91. The first-order valence-electron chi connectivity index (χ1n) is 7.71. The van der Waals surface area contributed by atoms with Crippen LogP contribution < -0.4 is 5.73 Å². The van der Waals surface area contributed by atoms with E-state index in [1.54, 1.807) is 30.3 Å². The molecule has 2 aromatic carbocycles. The van der Waals surface area contributed by atoms with Gasteiger partial charge in [0.2, 0.25) is 0 Å². The minimum Gasteiger partial charge on any atom is -0.365 e. The van der Waals surface area contributed by atoms with Crippen LogP contribution in [-0.4, -0.2) is 15.7 Å². The quantitative estimate of drug-likeness (QED) is 0.450. The smallest absolute Gasteiger partial charge is 0.365 e. The number of amides is 1. The molecule has 0 bridgehead atoms. The summed E-state index contributed by atoms with van der Waals surface area (Å²) < 4.78 is 55.4. The van der Waals surface area contributed by atoms with Crippen molar-refractivity contribution in [3.05, 3.63) is 63.5 Å². The van der Waals surface area contributed by atoms with E-state index in [0.717, 1.165) is 4.68 Å². The summed E-state index contributed by atoms with van der Waals surface area (Å²) in [6.45, 7) is 0. The highest BCUT2D eigenvalue weighted by Gasteiger charge is 2.41. The first kappa shape index (κ1) is 20.2. The van der Waals surface area contributed by atoms with E-state index in [0.29, 0.717) is 5.56 Å². The summed E-state index contributed by atoms with van der Waals surface area (Å²) in [5.41, 5.74) is 3.00. The number of nitrogens with two attached hydrogens (primary N) is 1. The molecule has 0 atom stereocenters. The van der Waals surface area contributed by atoms with Crippen molar-refractivity contribution in [1.29, 1.82) is 0 Å². The molecule has 28 heavy (non-hydrogen) atoms. The van der Waals surface area contributed by atoms with Crippen molar-refractivity contribution in [3.8, 4) is 22.4 Å². The number of primary amides is 1. The number of carbonyl (C=O) groups excluding carboxylic acids is 1. The van der Waals surface area contributed by atoms with E-state index in [9.17, 15) is 22.4 Å². The molecular formula is C18H11Cl2F4N3O. The van der Waals surface area contributed by atoms with Crippen molar-refractivity contribution in [2.75, 3.05) is 0 Å². The first-order valence-corrected chi connectivity index (χ1v) is 8.47. The molecule has 0 unspecified atom stereocenters. The Hall–Kier alpha value is -2.58. The van der Waals surface area contributed by atoms with Gasteiger partial charge in [-0.15, -0.1) is 0 Å². The van der Waals surface area contributed by atoms with Gasteiger partial charge in [-0.25, -0.2) is 4.39 Å². The van der Waals surface area contributed by atoms with Crippen LogP contribution >= 0.6 is 23.2 Å². The topological polar surface area (TPSA) is 60.9 Å². The Morgan fingerprint density at radius 1 is 1.18 bits per heavy atom. The maximum atomic E-state index is 14.4. The van der Waals surface area contributed by atoms with Crippen LogP contribution in [0, 0.1) is 5.82 Å². The van der Waals surface area contributed by atoms with E-state index >= 15 is 0 Å². The highest BCUT2D eigenvalue weighted by molar-refractivity contribution is 6.38. The predicted molar refractivity (Wildman–Crippen MR) is 97.6 cm³/mol. The normalized spacial score (nSPS) is 11.7. The molecule has 3 rings (SSSR count). The molecule has 1 aromatic heterocycles. The molecule has 0 spiro atoms. The van der Waals surface area contributed by atoms with E-state index in [4.69, 9.17) is 28.9 Å². The number of nitrogens with zero attached hydrogens (tertiary/aromatic N) is 2. The van der Waals surface area contributed by atoms with Crippen LogP contribution in [0.3, 0.4) is 0 Å². The third-order valence-corrected chi connectivity index (χ3v) is 4.68. The zero-order valence-electron chi connectivity index (χ0n) is 14.1. The predicted octanol–water partition coefficient (Wildman–Crippen LogP) is 5.32. The highest BCUT2D eigenvalue weighted by atomic mass is 35.5. The zero-order chi connectivity index (χ0) is 20.8. The van der Waals surface area contributed by atoms with Gasteiger partial charge in [-0.05, 0) is 17.2 Å². The molecule has 10 heteroatoms. The summed E-state index contributed by atoms with van der Waals surface area (Å²) in [7, 11) is 1.18. The summed E-state index contributed by atoms with van der Waals surface area (Å²) >= 11 is 12.0. The van der Waals surface area contributed by atoms with E-state index in [-0.39, 0.29) is 21.8 Å². The van der Waals surface area contributed by atoms with Gasteiger partial charge >= 0.3 is 6.18 Å². The molecule has 1 heterocycles. The van der Waals surface area contributed by atoms with Crippen LogP contribution in [0.1, 0.15) is 16.1 Å². The minimum absolute atomic E-state index is 0.172. The van der Waals surface area contributed by atoms with Crippen LogP contribution in [-0.2, 0) is 13.2 Å². The summed E-state index contributed by atoms with van der Waals surface area (Å²) in [6.07, 6.45) is -4.95. The number of aromatic nitrogens is 2. The SMILES string of the molecule is Cn1nc(C(F)(F)F)c(C(N)=O)c1-c1c(-c2ccccc2)cc(Cl)c(F)c1Cl. The molecule has 0 aliphatic rings. The maximum absolute atomic E-state index is 14.4. The van der Waals surface area contributed by atoms with Crippen molar-refractivity contribution in [3.63, 3.8) is 0 Å². The monoisotopic (exact) mass is 431 g/mol. The standard InChI is InChI=1S/C18H11Cl2F4N3O/c1-27-15(12(17(25)28)16(26-27)18(22,23)24)11-9(8-5-3-2-4-6-8)7-10(19)14(21)13(11)20/h2-7H,1H3,(H2,25,28). The Morgan fingerprint density at radius 3 is 2.32 bits per heavy atom. The van der Waals surface area contributed by atoms with E-state index in [1.807, 2.05) is 0 Å². The lowest BCUT2D eigenvalue weighted by atomic mass is 9.94. The highest BCUT2D eigenvalue weighted by Crippen LogP contribution is 2.45. The average molecular weight is 432 g/mol. The van der Waals surface area contributed by atoms with Crippen LogP contribution in [0.15, 0.2) is 36.4 Å². The summed E-state index contributed by atoms with van der Waals surface area (Å²) in [4.78, 5) is 11.9. The fraction of sp³-hybridized carbons (Fsp3) is 0.111. The molecule has 0 fully saturated rings. The number of hydrogen-bond donors (Lipinski definition) is 1. The van der Waals surface area contributed by atoms with Gasteiger partial charge in [0.05, 0.1) is 21.3 Å². The molecule has 1 amide bonds. The van der Waals surface area contributed by atoms with Crippen molar-refractivity contribution in [1.82, 2.24) is 9.78 Å². The van der Waals surface area contributed by atoms with Crippen molar-refractivity contribution < 1.29 is 22.4 Å². The minimum atomic E-state index is -4.95. The molecule has 0 saturated carbocycles. The number of benzene rings is 2. The lowest BCUT2D eigenvalue weighted by molar-refractivity contribution is -0.141. The van der Waals surface area contributed by atoms with E-state index in [2.05, 4.69) is 5.10 Å². The fourth-order valence-corrected chi connectivity index (χ4v) is 3.46. The summed E-state index contributed by atoms with van der Waals surface area (Å²) in [6, 6.07) is 9.55. The number of rotatable bonds is 3. The van der Waals surface area contributed by atoms with Crippen LogP contribution in [0.2, 0.25) is 10.0 Å². The second-order valence-electron chi connectivity index (χ2n) is 5.83. The largest absolute Gasteiger partial charge is 0.435 e. The van der Waals surface area contributed by atoms with Crippen LogP contribution in [0.4, 0.5) is 17.6 Å². The zero-order valence-corrected chi connectivity index (χ0v) is 15.6. The van der Waals surface area contributed by atoms with Gasteiger partial charge < -0.3 is 5.73 Å². The van der Waals surface area contributed by atoms with Crippen LogP contribution in [0.25, 0.3) is 22.4 Å². The Kier molecular flexibility index (Phi) is 5.12. The molecule has 146 valence electrons. The van der Waals surface area contributed by atoms with Gasteiger partial charge in [-0.1, -0.05) is 53.5 Å². The summed E-state index contributed by atoms with van der Waals surface area (Å²) in [5, 5.41) is 2.51. The Bertz CT molecular complexity index is 1080. The van der Waals surface area contributed by atoms with Gasteiger partial charge in [-0.2, -0.15) is 18.3 Å². The van der Waals surface area contributed by atoms with Gasteiger partial charge in [0, 0.05) is 12.6 Å². The number of halogens is 6. The van der Waals surface area contributed by atoms with Gasteiger partial charge in [0.25, 0.3) is 5.91 Å². The Morgan fingerprint density at radius 2 is 1.79 bits per heavy atom. The third-order valence-electron chi connectivity index (χ3n) is 4.05. The number of alkyl halides is 3. The van der Waals surface area contributed by atoms with Crippen molar-refractivity contribution in [2.45, 2.75) is 6.18 Å².